The van der Waals surface area contributed by atoms with Crippen LogP contribution in [0, 0.1) is 12.8 Å². The van der Waals surface area contributed by atoms with Crippen LogP contribution in [0.25, 0.3) is 0 Å². The Morgan fingerprint density at radius 3 is 2.71 bits per heavy atom. The fourth-order valence-corrected chi connectivity index (χ4v) is 1.81. The number of hydrogen-bond donors (Lipinski definition) is 1. The van der Waals surface area contributed by atoms with E-state index in [1.54, 1.807) is 6.92 Å². The van der Waals surface area contributed by atoms with E-state index < -0.39 is 11.9 Å². The lowest BCUT2D eigenvalue weighted by atomic mass is 10.1. The van der Waals surface area contributed by atoms with E-state index in [4.69, 9.17) is 5.11 Å². The number of carboxylic acids is 1. The van der Waals surface area contributed by atoms with E-state index in [1.807, 2.05) is 0 Å². The molecule has 1 N–H and O–H groups in total. The van der Waals surface area contributed by atoms with Crippen LogP contribution in [-0.2, 0) is 4.79 Å². The van der Waals surface area contributed by atoms with Crippen LogP contribution in [0.3, 0.4) is 0 Å². The van der Waals surface area contributed by atoms with Gasteiger partial charge in [-0.15, -0.1) is 0 Å². The van der Waals surface area contributed by atoms with Crippen molar-refractivity contribution < 1.29 is 14.7 Å². The first kappa shape index (κ1) is 11.5. The molecule has 1 unspecified atom stereocenters. The van der Waals surface area contributed by atoms with Crippen molar-refractivity contribution in [2.45, 2.75) is 13.3 Å². The Morgan fingerprint density at radius 1 is 1.41 bits per heavy atom. The molecule has 1 aromatic rings. The molecule has 2 rings (SSSR count). The predicted octanol–water partition coefficient (Wildman–Crippen LogP) is 0.332. The maximum absolute atomic E-state index is 12.0. The molecule has 0 spiro atoms. The van der Waals surface area contributed by atoms with E-state index in [0.29, 0.717) is 13.0 Å². The van der Waals surface area contributed by atoms with Crippen LogP contribution < -0.4 is 0 Å². The van der Waals surface area contributed by atoms with Crippen molar-refractivity contribution in [1.29, 1.82) is 0 Å². The van der Waals surface area contributed by atoms with Crippen molar-refractivity contribution in [2.24, 2.45) is 5.92 Å². The first-order valence-corrected chi connectivity index (χ1v) is 5.38. The van der Waals surface area contributed by atoms with Gasteiger partial charge in [-0.1, -0.05) is 0 Å². The molecule has 1 saturated heterocycles. The van der Waals surface area contributed by atoms with Gasteiger partial charge in [-0.05, 0) is 13.3 Å². The van der Waals surface area contributed by atoms with Gasteiger partial charge in [0.05, 0.1) is 17.8 Å². The number of amides is 1. The summed E-state index contributed by atoms with van der Waals surface area (Å²) in [6.45, 7) is 2.51. The van der Waals surface area contributed by atoms with Gasteiger partial charge >= 0.3 is 5.97 Å². The third-order valence-corrected chi connectivity index (χ3v) is 2.82. The maximum Gasteiger partial charge on any atom is 0.308 e. The Hall–Kier alpha value is -1.98. The summed E-state index contributed by atoms with van der Waals surface area (Å²) in [7, 11) is 0. The number of carbonyl (C=O) groups is 2. The molecule has 0 bridgehead atoms. The summed E-state index contributed by atoms with van der Waals surface area (Å²) in [6, 6.07) is 0. The van der Waals surface area contributed by atoms with E-state index >= 15 is 0 Å². The number of likely N-dealkylation sites (tertiary alicyclic amines) is 1. The Balaban J connectivity index is 2.07. The van der Waals surface area contributed by atoms with E-state index in [1.165, 1.54) is 17.3 Å². The van der Waals surface area contributed by atoms with Crippen LogP contribution in [0.2, 0.25) is 0 Å². The highest BCUT2D eigenvalue weighted by molar-refractivity contribution is 5.92. The quantitative estimate of drug-likeness (QED) is 0.798. The number of aryl methyl sites for hydroxylation is 1. The number of carbonyl (C=O) groups excluding carboxylic acids is 1. The molecule has 17 heavy (non-hydrogen) atoms. The van der Waals surface area contributed by atoms with Crippen molar-refractivity contribution >= 4 is 11.9 Å². The minimum atomic E-state index is -0.852. The molecule has 1 aromatic heterocycles. The number of hydrogen-bond acceptors (Lipinski definition) is 4. The van der Waals surface area contributed by atoms with Gasteiger partial charge in [-0.2, -0.15) is 0 Å². The monoisotopic (exact) mass is 235 g/mol. The van der Waals surface area contributed by atoms with Crippen LogP contribution in [0.1, 0.15) is 22.6 Å². The molecule has 1 fully saturated rings. The molecule has 90 valence electrons. The Kier molecular flexibility index (Phi) is 3.03. The molecule has 0 aliphatic carbocycles. The van der Waals surface area contributed by atoms with Crippen molar-refractivity contribution in [1.82, 2.24) is 14.9 Å². The highest BCUT2D eigenvalue weighted by Crippen LogP contribution is 2.17. The standard InChI is InChI=1S/C11H13N3O3/c1-7-4-13-9(5-12-7)10(15)14-3-2-8(6-14)11(16)17/h4-5,8H,2-3,6H2,1H3,(H,16,17). The Labute approximate surface area is 98.3 Å². The minimum Gasteiger partial charge on any atom is -0.481 e. The van der Waals surface area contributed by atoms with Gasteiger partial charge in [-0.3, -0.25) is 14.6 Å². The summed E-state index contributed by atoms with van der Waals surface area (Å²) < 4.78 is 0. The predicted molar refractivity (Wildman–Crippen MR) is 58.4 cm³/mol. The van der Waals surface area contributed by atoms with E-state index in [2.05, 4.69) is 9.97 Å². The van der Waals surface area contributed by atoms with Crippen LogP contribution in [0.5, 0.6) is 0 Å². The summed E-state index contributed by atoms with van der Waals surface area (Å²) in [5, 5.41) is 8.85. The SMILES string of the molecule is Cc1cnc(C(=O)N2CCC(C(=O)O)C2)cn1. The second kappa shape index (κ2) is 4.48. The molecule has 6 nitrogen and oxygen atoms in total. The number of rotatable bonds is 2. The second-order valence-electron chi connectivity index (χ2n) is 4.12. The van der Waals surface area contributed by atoms with Gasteiger partial charge < -0.3 is 10.0 Å². The number of aromatic nitrogens is 2. The van der Waals surface area contributed by atoms with Crippen LogP contribution in [0.15, 0.2) is 12.4 Å². The molecule has 1 aliphatic rings. The van der Waals surface area contributed by atoms with E-state index in [0.717, 1.165) is 5.69 Å². The van der Waals surface area contributed by atoms with Crippen molar-refractivity contribution in [3.8, 4) is 0 Å². The average molecular weight is 235 g/mol. The lowest BCUT2D eigenvalue weighted by Gasteiger charge is -2.14. The number of nitrogens with zero attached hydrogens (tertiary/aromatic N) is 3. The fraction of sp³-hybridized carbons (Fsp3) is 0.455. The highest BCUT2D eigenvalue weighted by atomic mass is 16.4. The van der Waals surface area contributed by atoms with Crippen molar-refractivity contribution in [3.05, 3.63) is 23.8 Å². The molecule has 0 aromatic carbocycles. The average Bonchev–Trinajstić information content (AvgIpc) is 2.78. The second-order valence-corrected chi connectivity index (χ2v) is 4.12. The molecule has 2 heterocycles. The van der Waals surface area contributed by atoms with Gasteiger partial charge in [0.1, 0.15) is 5.69 Å². The summed E-state index contributed by atoms with van der Waals surface area (Å²) in [5.74, 6) is -1.56. The largest absolute Gasteiger partial charge is 0.481 e. The van der Waals surface area contributed by atoms with E-state index in [-0.39, 0.29) is 18.1 Å². The summed E-state index contributed by atoms with van der Waals surface area (Å²) in [6.07, 6.45) is 3.45. The zero-order valence-corrected chi connectivity index (χ0v) is 9.46. The molecule has 6 heteroatoms. The summed E-state index contributed by atoms with van der Waals surface area (Å²) in [4.78, 5) is 32.2. The topological polar surface area (TPSA) is 83.4 Å². The molecular weight excluding hydrogens is 222 g/mol. The van der Waals surface area contributed by atoms with E-state index in [9.17, 15) is 9.59 Å². The zero-order chi connectivity index (χ0) is 12.4. The first-order chi connectivity index (χ1) is 8.08. The van der Waals surface area contributed by atoms with Crippen LogP contribution in [-0.4, -0.2) is 44.9 Å². The van der Waals surface area contributed by atoms with Gasteiger partial charge in [0.2, 0.25) is 0 Å². The van der Waals surface area contributed by atoms with Gasteiger partial charge in [0.25, 0.3) is 5.91 Å². The summed E-state index contributed by atoms with van der Waals surface area (Å²) in [5.41, 5.74) is 1.01. The Bertz CT molecular complexity index is 444. The van der Waals surface area contributed by atoms with Gasteiger partial charge in [0.15, 0.2) is 0 Å². The molecule has 1 aliphatic heterocycles. The molecule has 1 amide bonds. The first-order valence-electron chi connectivity index (χ1n) is 5.38. The maximum atomic E-state index is 12.0. The Morgan fingerprint density at radius 2 is 2.18 bits per heavy atom. The van der Waals surface area contributed by atoms with Gasteiger partial charge in [0, 0.05) is 19.3 Å². The van der Waals surface area contributed by atoms with Crippen LogP contribution >= 0.6 is 0 Å². The molecule has 0 saturated carbocycles. The minimum absolute atomic E-state index is 0.249. The smallest absolute Gasteiger partial charge is 0.308 e. The zero-order valence-electron chi connectivity index (χ0n) is 9.46. The lowest BCUT2D eigenvalue weighted by molar-refractivity contribution is -0.141. The van der Waals surface area contributed by atoms with Crippen molar-refractivity contribution in [3.63, 3.8) is 0 Å². The normalized spacial score (nSPS) is 19.4. The fourth-order valence-electron chi connectivity index (χ4n) is 1.81. The number of carboxylic acid groups (broad SMARTS) is 1. The molecule has 0 radical (unpaired) electrons. The number of aliphatic carboxylic acids is 1. The molecular formula is C11H13N3O3. The lowest BCUT2D eigenvalue weighted by Crippen LogP contribution is -2.30. The third kappa shape index (κ3) is 2.41. The van der Waals surface area contributed by atoms with Crippen LogP contribution in [0.4, 0.5) is 0 Å². The third-order valence-electron chi connectivity index (χ3n) is 2.82. The molecule has 1 atom stereocenters. The van der Waals surface area contributed by atoms with Gasteiger partial charge in [-0.25, -0.2) is 4.98 Å². The highest BCUT2D eigenvalue weighted by Gasteiger charge is 2.31. The summed E-state index contributed by atoms with van der Waals surface area (Å²) >= 11 is 0. The van der Waals surface area contributed by atoms with Crippen molar-refractivity contribution in [2.75, 3.05) is 13.1 Å².